The van der Waals surface area contributed by atoms with Crippen molar-refractivity contribution >= 4 is 55.9 Å². The molecule has 4 heterocycles. The summed E-state index contributed by atoms with van der Waals surface area (Å²) in [5, 5.41) is 9.31. The molecule has 0 radical (unpaired) electrons. The number of benzene rings is 2. The number of aryl methyl sites for hydroxylation is 1. The zero-order valence-electron chi connectivity index (χ0n) is 35.9. The maximum Gasteiger partial charge on any atom is 0.416 e. The second-order valence-electron chi connectivity index (χ2n) is 16.8. The van der Waals surface area contributed by atoms with Gasteiger partial charge in [-0.05, 0) is 74.9 Å². The smallest absolute Gasteiger partial charge is 0.416 e. The number of rotatable bonds is 10. The van der Waals surface area contributed by atoms with E-state index in [2.05, 4.69) is 29.2 Å². The molecule has 1 unspecified atom stereocenters. The van der Waals surface area contributed by atoms with Crippen molar-refractivity contribution in [1.82, 2.24) is 29.2 Å². The molecule has 0 bridgehead atoms. The fourth-order valence-corrected chi connectivity index (χ4v) is 9.62. The Morgan fingerprint density at radius 2 is 1.81 bits per heavy atom. The molecular weight excluding hydrogens is 860 g/mol. The van der Waals surface area contributed by atoms with Crippen LogP contribution in [-0.4, -0.2) is 96.8 Å². The summed E-state index contributed by atoms with van der Waals surface area (Å²) in [6.07, 6.45) is 1.50. The van der Waals surface area contributed by atoms with Crippen molar-refractivity contribution in [2.45, 2.75) is 102 Å². The Hall–Kier alpha value is -5.27. The lowest BCUT2D eigenvalue weighted by molar-refractivity contribution is -0.140. The van der Waals surface area contributed by atoms with E-state index in [0.29, 0.717) is 58.8 Å². The van der Waals surface area contributed by atoms with E-state index in [9.17, 15) is 36.0 Å². The van der Waals surface area contributed by atoms with E-state index in [4.69, 9.17) is 19.4 Å². The average Bonchev–Trinajstić information content (AvgIpc) is 3.51. The quantitative estimate of drug-likeness (QED) is 0.141. The van der Waals surface area contributed by atoms with Crippen LogP contribution in [0.4, 0.5) is 18.9 Å². The normalized spacial score (nSPS) is 24.0. The number of halogens is 3. The van der Waals surface area contributed by atoms with E-state index in [1.807, 2.05) is 30.5 Å². The third-order valence-electron chi connectivity index (χ3n) is 11.9. The van der Waals surface area contributed by atoms with Gasteiger partial charge in [0.05, 0.1) is 30.4 Å². The van der Waals surface area contributed by atoms with Crippen molar-refractivity contribution in [1.29, 1.82) is 0 Å². The highest BCUT2D eigenvalue weighted by Gasteiger charge is 2.61. The molecule has 14 nitrogen and oxygen atoms in total. The summed E-state index contributed by atoms with van der Waals surface area (Å²) in [4.78, 5) is 54.6. The van der Waals surface area contributed by atoms with E-state index in [-0.39, 0.29) is 31.0 Å². The zero-order chi connectivity index (χ0) is 45.4. The number of hydrogen-bond donors (Lipinski definition) is 3. The fraction of sp³-hybridized carbons (Fsp3) is 0.477. The number of hydrogen-bond acceptors (Lipinski definition) is 11. The largest absolute Gasteiger partial charge is 0.496 e. The number of fused-ring (bicyclic) bond motifs is 3. The third-order valence-corrected chi connectivity index (χ3v) is 14.2. The molecule has 19 heteroatoms. The van der Waals surface area contributed by atoms with Crippen LogP contribution >= 0.6 is 11.3 Å². The molecule has 4 aromatic rings. The topological polar surface area (TPSA) is 172 Å². The molecule has 63 heavy (non-hydrogen) atoms. The maximum absolute atomic E-state index is 14.9. The van der Waals surface area contributed by atoms with E-state index in [0.717, 1.165) is 34.1 Å². The van der Waals surface area contributed by atoms with E-state index in [1.165, 1.54) is 42.5 Å². The van der Waals surface area contributed by atoms with Gasteiger partial charge in [-0.1, -0.05) is 38.8 Å². The van der Waals surface area contributed by atoms with E-state index >= 15 is 0 Å². The number of carbonyl (C=O) groups excluding carboxylic acids is 3. The number of allylic oxidation sites excluding steroid dienone is 1. The Kier molecular flexibility index (Phi) is 13.1. The van der Waals surface area contributed by atoms with Crippen molar-refractivity contribution in [3.63, 3.8) is 0 Å². The molecule has 2 aliphatic heterocycles. The lowest BCUT2D eigenvalue weighted by atomic mass is 10.0. The first-order valence-electron chi connectivity index (χ1n) is 20.9. The predicted octanol–water partition coefficient (Wildman–Crippen LogP) is 6.96. The van der Waals surface area contributed by atoms with Crippen LogP contribution < -0.4 is 24.8 Å². The van der Waals surface area contributed by atoms with Gasteiger partial charge in [0.15, 0.2) is 0 Å². The summed E-state index contributed by atoms with van der Waals surface area (Å²) >= 11 is 1.45. The van der Waals surface area contributed by atoms with Gasteiger partial charge in [0.2, 0.25) is 11.8 Å². The molecule has 2 aromatic carbocycles. The summed E-state index contributed by atoms with van der Waals surface area (Å²) in [6, 6.07) is 7.70. The first kappa shape index (κ1) is 45.7. The number of nitrogens with one attached hydrogen (secondary N) is 3. The third kappa shape index (κ3) is 9.79. The summed E-state index contributed by atoms with van der Waals surface area (Å²) in [5.41, 5.74) is 0.679. The van der Waals surface area contributed by atoms with Gasteiger partial charge in [0, 0.05) is 54.5 Å². The lowest BCUT2D eigenvalue weighted by Gasteiger charge is -2.30. The van der Waals surface area contributed by atoms with Crippen molar-refractivity contribution < 1.29 is 45.4 Å². The molecule has 1 saturated carbocycles. The van der Waals surface area contributed by atoms with Gasteiger partial charge in [-0.25, -0.2) is 14.7 Å². The zero-order valence-corrected chi connectivity index (χ0v) is 37.5. The monoisotopic (exact) mass is 911 g/mol. The Bertz CT molecular complexity index is 2510. The number of methoxy groups -OCH3 is 1. The molecular formula is C44H52F3N7O7S2. The van der Waals surface area contributed by atoms with Crippen LogP contribution in [0.25, 0.3) is 21.6 Å². The van der Waals surface area contributed by atoms with Crippen LogP contribution in [0.3, 0.4) is 0 Å². The van der Waals surface area contributed by atoms with Gasteiger partial charge in [0.1, 0.15) is 45.9 Å². The summed E-state index contributed by atoms with van der Waals surface area (Å²) in [7, 11) is -0.106. The number of amides is 3. The Morgan fingerprint density at radius 3 is 2.48 bits per heavy atom. The van der Waals surface area contributed by atoms with Gasteiger partial charge in [-0.3, -0.25) is 14.4 Å². The Labute approximate surface area is 368 Å². The van der Waals surface area contributed by atoms with E-state index < -0.39 is 69.3 Å². The van der Waals surface area contributed by atoms with Crippen LogP contribution in [0, 0.1) is 12.8 Å². The number of ether oxygens (including phenoxy) is 2. The molecule has 3 aliphatic rings. The molecule has 338 valence electrons. The molecule has 1 saturated heterocycles. The van der Waals surface area contributed by atoms with Gasteiger partial charge in [0.25, 0.3) is 5.91 Å². The first-order chi connectivity index (χ1) is 29.8. The molecule has 0 spiro atoms. The number of aromatic nitrogens is 2. The Morgan fingerprint density at radius 1 is 1.06 bits per heavy atom. The highest BCUT2D eigenvalue weighted by molar-refractivity contribution is 7.87. The SMILES string of the molecule is COc1ccc2c(O[C@@H]3C[C@H]4C(=O)N[C@]5(C(=O)NS(=O)(=O)N(C)C)CC5/C=C\CCCCC[C@H](Nc5ccc(C(F)(F)F)cc5)C(=O)N4C3)cc(-c3nc(C(C)C)cs3)nc2c1C. The number of pyridine rings is 1. The van der Waals surface area contributed by atoms with Gasteiger partial charge in [-0.15, -0.1) is 11.3 Å². The van der Waals surface area contributed by atoms with Crippen LogP contribution in [0.15, 0.2) is 60.0 Å². The minimum Gasteiger partial charge on any atom is -0.496 e. The number of alkyl halides is 3. The molecule has 3 N–H and O–H groups in total. The summed E-state index contributed by atoms with van der Waals surface area (Å²) < 4.78 is 81.4. The maximum atomic E-state index is 14.9. The second-order valence-corrected chi connectivity index (χ2v) is 19.6. The number of thiazole rings is 1. The van der Waals surface area contributed by atoms with Crippen LogP contribution in [0.5, 0.6) is 11.5 Å². The standard InChI is InChI=1S/C44H52F3N7O7S2/c1-25(2)34-24-62-40(50-34)33-21-37(31-18-19-36(60-6)26(3)38(31)49-33)61-30-20-35-39(55)51-43(42(57)52-63(58,59)53(4)5)22-28(43)12-10-8-7-9-11-13-32(41(56)54(35)23-30)48-29-16-14-27(15-17-29)44(45,46)47/h10,12,14-19,21,24-25,28,30,32,35,48H,7-9,11,13,20,22-23H2,1-6H3,(H,51,55)(H,52,57)/b12-10-/t28?,30-,32+,35+,43-/m1/s1. The molecule has 7 rings (SSSR count). The molecule has 2 aromatic heterocycles. The van der Waals surface area contributed by atoms with Crippen molar-refractivity contribution in [3.8, 4) is 22.2 Å². The van der Waals surface area contributed by atoms with Crippen LogP contribution in [-0.2, 0) is 30.8 Å². The number of nitrogens with zero attached hydrogens (tertiary/aromatic N) is 4. The van der Waals surface area contributed by atoms with Crippen molar-refractivity contribution in [2.75, 3.05) is 33.1 Å². The number of carbonyl (C=O) groups is 3. The highest BCUT2D eigenvalue weighted by atomic mass is 32.2. The molecule has 5 atom stereocenters. The minimum atomic E-state index is -4.55. The van der Waals surface area contributed by atoms with E-state index in [1.54, 1.807) is 19.2 Å². The van der Waals surface area contributed by atoms with Gasteiger partial charge < -0.3 is 25.0 Å². The molecule has 3 amide bonds. The van der Waals surface area contributed by atoms with Crippen LogP contribution in [0.2, 0.25) is 0 Å². The first-order valence-corrected chi connectivity index (χ1v) is 23.2. The van der Waals surface area contributed by atoms with Crippen molar-refractivity contribution in [3.05, 3.63) is 76.8 Å². The Balaban J connectivity index is 1.26. The molecule has 1 aliphatic carbocycles. The highest BCUT2D eigenvalue weighted by Crippen LogP contribution is 2.46. The second kappa shape index (κ2) is 18.1. The lowest BCUT2D eigenvalue weighted by Crippen LogP contribution is -2.58. The summed E-state index contributed by atoms with van der Waals surface area (Å²) in [5.74, 6) is -1.36. The predicted molar refractivity (Wildman–Crippen MR) is 234 cm³/mol. The minimum absolute atomic E-state index is 0.0121. The summed E-state index contributed by atoms with van der Waals surface area (Å²) in [6.45, 7) is 5.92. The average molecular weight is 912 g/mol. The van der Waals surface area contributed by atoms with Crippen molar-refractivity contribution in [2.24, 2.45) is 5.92 Å². The van der Waals surface area contributed by atoms with Gasteiger partial charge in [-0.2, -0.15) is 25.9 Å². The van der Waals surface area contributed by atoms with Crippen LogP contribution in [0.1, 0.15) is 81.5 Å². The van der Waals surface area contributed by atoms with Gasteiger partial charge >= 0.3 is 16.4 Å². The molecule has 2 fully saturated rings. The fourth-order valence-electron chi connectivity index (χ4n) is 8.08. The number of anilines is 1.